The van der Waals surface area contributed by atoms with Gasteiger partial charge in [0.05, 0.1) is 17.4 Å². The molecule has 2 aliphatic carbocycles. The van der Waals surface area contributed by atoms with E-state index in [2.05, 4.69) is 25.0 Å². The molecule has 1 N–H and O–H groups in total. The number of thioether (sulfide) groups is 1. The number of anilines is 2. The molecular weight excluding hydrogens is 458 g/mol. The molecule has 8 nitrogen and oxygen atoms in total. The lowest BCUT2D eigenvalue weighted by atomic mass is 9.95. The summed E-state index contributed by atoms with van der Waals surface area (Å²) in [7, 11) is 0. The predicted octanol–water partition coefficient (Wildman–Crippen LogP) is 4.45. The molecule has 0 radical (unpaired) electrons. The fraction of sp³-hybridized carbons (Fsp3) is 0.652. The van der Waals surface area contributed by atoms with Crippen LogP contribution < -0.4 is 10.2 Å². The quantitative estimate of drug-likeness (QED) is 0.433. The highest BCUT2D eigenvalue weighted by Crippen LogP contribution is 2.43. The molecule has 3 heterocycles. The number of fused-ring (bicyclic) bond motifs is 1. The molecule has 2 fully saturated rings. The van der Waals surface area contributed by atoms with Gasteiger partial charge in [0.2, 0.25) is 11.9 Å². The van der Waals surface area contributed by atoms with Crippen molar-refractivity contribution in [2.75, 3.05) is 29.9 Å². The highest BCUT2D eigenvalue weighted by molar-refractivity contribution is 8.00. The highest BCUT2D eigenvalue weighted by atomic mass is 32.2. The van der Waals surface area contributed by atoms with E-state index in [9.17, 15) is 9.59 Å². The van der Waals surface area contributed by atoms with Gasteiger partial charge in [0.1, 0.15) is 5.00 Å². The average molecular weight is 490 g/mol. The molecule has 1 amide bonds. The number of nitrogens with one attached hydrogen (secondary N) is 1. The van der Waals surface area contributed by atoms with E-state index in [1.807, 2.05) is 6.92 Å². The van der Waals surface area contributed by atoms with Gasteiger partial charge in [0.25, 0.3) is 0 Å². The van der Waals surface area contributed by atoms with Crippen LogP contribution in [0.15, 0.2) is 5.16 Å². The maximum Gasteiger partial charge on any atom is 0.341 e. The zero-order chi connectivity index (χ0) is 22.9. The smallest absolute Gasteiger partial charge is 0.341 e. The van der Waals surface area contributed by atoms with E-state index >= 15 is 0 Å². The lowest BCUT2D eigenvalue weighted by molar-refractivity contribution is -0.115. The Morgan fingerprint density at radius 1 is 1.18 bits per heavy atom. The molecule has 5 rings (SSSR count). The number of esters is 1. The Morgan fingerprint density at radius 3 is 2.67 bits per heavy atom. The predicted molar refractivity (Wildman–Crippen MR) is 131 cm³/mol. The van der Waals surface area contributed by atoms with E-state index in [4.69, 9.17) is 4.74 Å². The highest BCUT2D eigenvalue weighted by Gasteiger charge is 2.34. The minimum atomic E-state index is -0.368. The van der Waals surface area contributed by atoms with Gasteiger partial charge in [0.15, 0.2) is 5.16 Å². The minimum Gasteiger partial charge on any atom is -0.462 e. The first-order chi connectivity index (χ1) is 16.1. The number of hydrogen-bond acceptors (Lipinski definition) is 8. The summed E-state index contributed by atoms with van der Waals surface area (Å²) >= 11 is 2.97. The third-order valence-electron chi connectivity index (χ3n) is 6.49. The van der Waals surface area contributed by atoms with Crippen LogP contribution in [-0.4, -0.2) is 51.6 Å². The van der Waals surface area contributed by atoms with E-state index in [1.54, 1.807) is 6.92 Å². The third kappa shape index (κ3) is 4.64. The summed E-state index contributed by atoms with van der Waals surface area (Å²) in [6.07, 6.45) is 8.64. The first-order valence-corrected chi connectivity index (χ1v) is 13.8. The van der Waals surface area contributed by atoms with Gasteiger partial charge >= 0.3 is 5.97 Å². The zero-order valence-electron chi connectivity index (χ0n) is 19.3. The largest absolute Gasteiger partial charge is 0.462 e. The Kier molecular flexibility index (Phi) is 6.65. The number of rotatable bonds is 8. The molecule has 1 saturated carbocycles. The first kappa shape index (κ1) is 22.7. The Morgan fingerprint density at radius 2 is 1.94 bits per heavy atom. The van der Waals surface area contributed by atoms with E-state index in [0.29, 0.717) is 23.2 Å². The SMILES string of the molecule is CCOC(=O)c1c(NC(=O)[C@@H](C)Sc2nnc(N3CCCC3)n2C2CC2)sc2c1CCCC2. The summed E-state index contributed by atoms with van der Waals surface area (Å²) in [6.45, 7) is 6.05. The van der Waals surface area contributed by atoms with Gasteiger partial charge in [-0.15, -0.1) is 21.5 Å². The lowest BCUT2D eigenvalue weighted by Gasteiger charge is -2.18. The summed E-state index contributed by atoms with van der Waals surface area (Å²) in [5.41, 5.74) is 1.61. The molecule has 178 valence electrons. The van der Waals surface area contributed by atoms with Crippen molar-refractivity contribution < 1.29 is 14.3 Å². The molecule has 2 aromatic heterocycles. The number of nitrogens with zero attached hydrogens (tertiary/aromatic N) is 4. The second-order valence-corrected chi connectivity index (χ2v) is 11.4. The second-order valence-electron chi connectivity index (χ2n) is 8.96. The molecule has 0 spiro atoms. The summed E-state index contributed by atoms with van der Waals surface area (Å²) in [5.74, 6) is 0.481. The van der Waals surface area contributed by atoms with Gasteiger partial charge in [-0.25, -0.2) is 4.79 Å². The van der Waals surface area contributed by atoms with Crippen molar-refractivity contribution in [3.05, 3.63) is 16.0 Å². The molecule has 0 bridgehead atoms. The Hall–Kier alpha value is -2.07. The van der Waals surface area contributed by atoms with Crippen molar-refractivity contribution in [1.29, 1.82) is 0 Å². The van der Waals surface area contributed by atoms with E-state index in [-0.39, 0.29) is 17.1 Å². The topological polar surface area (TPSA) is 89.3 Å². The molecule has 0 unspecified atom stereocenters. The Bertz CT molecular complexity index is 1040. The van der Waals surface area contributed by atoms with Crippen LogP contribution in [0, 0.1) is 0 Å². The van der Waals surface area contributed by atoms with Crippen LogP contribution in [0.25, 0.3) is 0 Å². The standard InChI is InChI=1S/C23H31N5O3S2/c1-3-31-21(30)18-16-8-4-5-9-17(16)33-20(18)24-19(29)14(2)32-23-26-25-22(27-12-6-7-13-27)28(23)15-10-11-15/h14-15H,3-13H2,1-2H3,(H,24,29)/t14-/m1/s1. The molecule has 33 heavy (non-hydrogen) atoms. The fourth-order valence-electron chi connectivity index (χ4n) is 4.63. The van der Waals surface area contributed by atoms with Crippen LogP contribution in [-0.2, 0) is 22.4 Å². The number of ether oxygens (including phenoxy) is 1. The normalized spacial score (nSPS) is 18.8. The summed E-state index contributed by atoms with van der Waals surface area (Å²) < 4.78 is 7.55. The summed E-state index contributed by atoms with van der Waals surface area (Å²) in [6, 6.07) is 0.438. The van der Waals surface area contributed by atoms with Crippen molar-refractivity contribution >= 4 is 45.9 Å². The Labute approximate surface area is 202 Å². The minimum absolute atomic E-state index is 0.128. The monoisotopic (exact) mass is 489 g/mol. The molecule has 1 aliphatic heterocycles. The fourth-order valence-corrected chi connectivity index (χ4v) is 6.83. The average Bonchev–Trinajstić information content (AvgIpc) is 3.20. The third-order valence-corrected chi connectivity index (χ3v) is 8.75. The van der Waals surface area contributed by atoms with Crippen LogP contribution in [0.3, 0.4) is 0 Å². The number of aryl methyl sites for hydroxylation is 1. The molecule has 3 aliphatic rings. The van der Waals surface area contributed by atoms with Crippen LogP contribution in [0.1, 0.15) is 79.2 Å². The van der Waals surface area contributed by atoms with Gasteiger partial charge in [-0.05, 0) is 70.8 Å². The van der Waals surface area contributed by atoms with E-state index in [0.717, 1.165) is 68.3 Å². The zero-order valence-corrected chi connectivity index (χ0v) is 20.9. The van der Waals surface area contributed by atoms with Crippen molar-refractivity contribution in [2.24, 2.45) is 0 Å². The second kappa shape index (κ2) is 9.66. The molecule has 2 aromatic rings. The van der Waals surface area contributed by atoms with Crippen LogP contribution in [0.2, 0.25) is 0 Å². The number of amides is 1. The van der Waals surface area contributed by atoms with Gasteiger partial charge < -0.3 is 15.0 Å². The van der Waals surface area contributed by atoms with Gasteiger partial charge in [-0.2, -0.15) is 0 Å². The number of carbonyl (C=O) groups is 2. The summed E-state index contributed by atoms with van der Waals surface area (Å²) in [5, 5.41) is 13.0. The van der Waals surface area contributed by atoms with Crippen molar-refractivity contribution in [2.45, 2.75) is 81.7 Å². The number of aromatic nitrogens is 3. The lowest BCUT2D eigenvalue weighted by Crippen LogP contribution is -2.24. The maximum atomic E-state index is 13.2. The summed E-state index contributed by atoms with van der Waals surface area (Å²) in [4.78, 5) is 29.4. The van der Waals surface area contributed by atoms with Crippen LogP contribution in [0.4, 0.5) is 10.9 Å². The number of hydrogen-bond donors (Lipinski definition) is 1. The Balaban J connectivity index is 1.33. The molecular formula is C23H31N5O3S2. The van der Waals surface area contributed by atoms with Crippen LogP contribution >= 0.6 is 23.1 Å². The van der Waals surface area contributed by atoms with Crippen molar-refractivity contribution in [1.82, 2.24) is 14.8 Å². The maximum absolute atomic E-state index is 13.2. The molecule has 10 heteroatoms. The number of thiophene rings is 1. The molecule has 1 saturated heterocycles. The van der Waals surface area contributed by atoms with Gasteiger partial charge in [-0.1, -0.05) is 11.8 Å². The number of carbonyl (C=O) groups excluding carboxylic acids is 2. The van der Waals surface area contributed by atoms with Gasteiger partial charge in [-0.3, -0.25) is 9.36 Å². The first-order valence-electron chi connectivity index (χ1n) is 12.1. The van der Waals surface area contributed by atoms with E-state index < -0.39 is 0 Å². The van der Waals surface area contributed by atoms with Crippen molar-refractivity contribution in [3.63, 3.8) is 0 Å². The van der Waals surface area contributed by atoms with Crippen LogP contribution in [0.5, 0.6) is 0 Å². The van der Waals surface area contributed by atoms with Gasteiger partial charge in [0, 0.05) is 24.0 Å². The molecule has 1 atom stereocenters. The van der Waals surface area contributed by atoms with E-state index in [1.165, 1.54) is 40.8 Å². The van der Waals surface area contributed by atoms with Crippen molar-refractivity contribution in [3.8, 4) is 0 Å². The molecule has 0 aromatic carbocycles.